The average molecular weight is 578 g/mol. The monoisotopic (exact) mass is 577 g/mol. The van der Waals surface area contributed by atoms with Crippen molar-refractivity contribution in [2.24, 2.45) is 0 Å². The second-order valence-electron chi connectivity index (χ2n) is 10.8. The van der Waals surface area contributed by atoms with Crippen LogP contribution < -0.4 is 18.9 Å². The van der Waals surface area contributed by atoms with Crippen molar-refractivity contribution in [1.82, 2.24) is 4.90 Å². The molecule has 1 aliphatic heterocycles. The Morgan fingerprint density at radius 1 is 0.791 bits per heavy atom. The molecular formula is C36H35NO6. The van der Waals surface area contributed by atoms with Crippen LogP contribution in [0.3, 0.4) is 0 Å². The summed E-state index contributed by atoms with van der Waals surface area (Å²) in [6.45, 7) is 0.544. The Morgan fingerprint density at radius 3 is 2.23 bits per heavy atom. The number of methoxy groups -OCH3 is 4. The largest absolute Gasteiger partial charge is 0.497 e. The lowest BCUT2D eigenvalue weighted by Gasteiger charge is -2.45. The third-order valence-electron chi connectivity index (χ3n) is 8.51. The molecule has 1 heterocycles. The quantitative estimate of drug-likeness (QED) is 0.233. The lowest BCUT2D eigenvalue weighted by Crippen LogP contribution is -2.54. The second-order valence-corrected chi connectivity index (χ2v) is 10.8. The zero-order chi connectivity index (χ0) is 30.0. The Labute approximate surface area is 252 Å². The summed E-state index contributed by atoms with van der Waals surface area (Å²) in [7, 11) is 6.63. The van der Waals surface area contributed by atoms with E-state index in [0.29, 0.717) is 24.5 Å². The summed E-state index contributed by atoms with van der Waals surface area (Å²) in [5.41, 5.74) is 5.12. The third-order valence-corrected chi connectivity index (χ3v) is 8.51. The maximum atomic E-state index is 14.1. The minimum Gasteiger partial charge on any atom is -0.497 e. The van der Waals surface area contributed by atoms with E-state index >= 15 is 0 Å². The fraction of sp³-hybridized carbons (Fsp3) is 0.250. The van der Waals surface area contributed by atoms with Crippen molar-refractivity contribution in [3.05, 3.63) is 125 Å². The standard InChI is InChI=1S/C36H35NO6/c1-39-29-14-8-12-25(16-29)27-21-36(28-13-9-15-30(19-28)40-2)33(18-26-17-31(41-3)20-32(42-4)34(26)36)37(22-27)35(38)43-23-24-10-6-5-7-11-24/h5-17,19-21,33H,18,22-23H2,1-4H3/t33-,36+/m0/s1. The van der Waals surface area contributed by atoms with Gasteiger partial charge >= 0.3 is 6.09 Å². The molecular weight excluding hydrogens is 542 g/mol. The van der Waals surface area contributed by atoms with Gasteiger partial charge in [-0.1, -0.05) is 60.7 Å². The fourth-order valence-electron chi connectivity index (χ4n) is 6.52. The Hall–Kier alpha value is -4.91. The highest BCUT2D eigenvalue weighted by atomic mass is 16.6. The van der Waals surface area contributed by atoms with Gasteiger partial charge in [-0.3, -0.25) is 4.90 Å². The number of nitrogens with zero attached hydrogens (tertiary/aromatic N) is 1. The number of hydrogen-bond acceptors (Lipinski definition) is 6. The number of carbonyl (C=O) groups is 1. The van der Waals surface area contributed by atoms with Crippen molar-refractivity contribution in [2.45, 2.75) is 24.5 Å². The number of amides is 1. The van der Waals surface area contributed by atoms with E-state index in [-0.39, 0.29) is 18.7 Å². The van der Waals surface area contributed by atoms with Crippen LogP contribution in [0.4, 0.5) is 4.79 Å². The molecule has 0 radical (unpaired) electrons. The predicted octanol–water partition coefficient (Wildman–Crippen LogP) is 6.67. The molecule has 0 saturated heterocycles. The number of fused-ring (bicyclic) bond motifs is 3. The molecule has 0 saturated carbocycles. The maximum Gasteiger partial charge on any atom is 0.410 e. The first-order valence-electron chi connectivity index (χ1n) is 14.2. The number of ether oxygens (including phenoxy) is 5. The second kappa shape index (κ2) is 11.8. The van der Waals surface area contributed by atoms with Crippen LogP contribution in [-0.4, -0.2) is 52.0 Å². The van der Waals surface area contributed by atoms with Crippen molar-refractivity contribution in [2.75, 3.05) is 35.0 Å². The average Bonchev–Trinajstić information content (AvgIpc) is 3.42. The van der Waals surface area contributed by atoms with Crippen molar-refractivity contribution >= 4 is 11.7 Å². The summed E-state index contributed by atoms with van der Waals surface area (Å²) >= 11 is 0. The van der Waals surface area contributed by atoms with Gasteiger partial charge in [-0.05, 0) is 64.6 Å². The first kappa shape index (κ1) is 28.2. The Balaban J connectivity index is 1.58. The highest BCUT2D eigenvalue weighted by molar-refractivity contribution is 5.81. The number of benzene rings is 4. The molecule has 2 aliphatic rings. The highest BCUT2D eigenvalue weighted by Gasteiger charge is 2.55. The zero-order valence-corrected chi connectivity index (χ0v) is 24.8. The molecule has 0 fully saturated rings. The van der Waals surface area contributed by atoms with E-state index in [1.165, 1.54) is 0 Å². The minimum absolute atomic E-state index is 0.178. The summed E-state index contributed by atoms with van der Waals surface area (Å²) in [6, 6.07) is 29.4. The van der Waals surface area contributed by atoms with E-state index in [2.05, 4.69) is 12.1 Å². The Morgan fingerprint density at radius 2 is 1.51 bits per heavy atom. The minimum atomic E-state index is -0.774. The summed E-state index contributed by atoms with van der Waals surface area (Å²) in [4.78, 5) is 16.0. The predicted molar refractivity (Wildman–Crippen MR) is 165 cm³/mol. The molecule has 6 rings (SSSR count). The van der Waals surface area contributed by atoms with E-state index in [0.717, 1.165) is 44.9 Å². The van der Waals surface area contributed by atoms with E-state index in [4.69, 9.17) is 23.7 Å². The molecule has 0 N–H and O–H groups in total. The molecule has 1 amide bonds. The van der Waals surface area contributed by atoms with Gasteiger partial charge in [0, 0.05) is 18.2 Å². The number of hydrogen-bond donors (Lipinski definition) is 0. The summed E-state index contributed by atoms with van der Waals surface area (Å²) in [6.07, 6.45) is 2.50. The van der Waals surface area contributed by atoms with Crippen molar-refractivity contribution in [3.63, 3.8) is 0 Å². The molecule has 7 heteroatoms. The lowest BCUT2D eigenvalue weighted by molar-refractivity contribution is 0.0767. The van der Waals surface area contributed by atoms with Crippen LogP contribution in [0.1, 0.15) is 27.8 Å². The van der Waals surface area contributed by atoms with Crippen LogP contribution in [-0.2, 0) is 23.2 Å². The molecule has 7 nitrogen and oxygen atoms in total. The molecule has 0 aromatic heterocycles. The Bertz CT molecular complexity index is 1670. The molecule has 4 aromatic rings. The van der Waals surface area contributed by atoms with Gasteiger partial charge in [-0.15, -0.1) is 0 Å². The van der Waals surface area contributed by atoms with Gasteiger partial charge in [-0.2, -0.15) is 0 Å². The summed E-state index contributed by atoms with van der Waals surface area (Å²) in [5.74, 6) is 2.86. The SMILES string of the molecule is COc1cccc(C2=C[C@]3(c4cccc(OC)c4)c4c(cc(OC)cc4OC)C[C@@H]3N(C(=O)OCc3ccccc3)C2)c1. The van der Waals surface area contributed by atoms with E-state index in [9.17, 15) is 4.79 Å². The van der Waals surface area contributed by atoms with E-state index < -0.39 is 5.41 Å². The highest BCUT2D eigenvalue weighted by Crippen LogP contribution is 2.56. The van der Waals surface area contributed by atoms with Gasteiger partial charge in [0.15, 0.2) is 0 Å². The van der Waals surface area contributed by atoms with Gasteiger partial charge in [0.25, 0.3) is 0 Å². The van der Waals surface area contributed by atoms with Crippen LogP contribution in [0.15, 0.2) is 97.1 Å². The molecule has 43 heavy (non-hydrogen) atoms. The first-order valence-corrected chi connectivity index (χ1v) is 14.2. The molecule has 220 valence electrons. The van der Waals surface area contributed by atoms with Gasteiger partial charge in [0.1, 0.15) is 29.6 Å². The van der Waals surface area contributed by atoms with Crippen LogP contribution in [0.5, 0.6) is 23.0 Å². The maximum absolute atomic E-state index is 14.1. The number of carbonyl (C=O) groups excluding carboxylic acids is 1. The first-order chi connectivity index (χ1) is 21.0. The van der Waals surface area contributed by atoms with Crippen LogP contribution in [0.2, 0.25) is 0 Å². The van der Waals surface area contributed by atoms with Gasteiger partial charge in [-0.25, -0.2) is 4.79 Å². The molecule has 0 spiro atoms. The summed E-state index contributed by atoms with van der Waals surface area (Å²) < 4.78 is 28.9. The summed E-state index contributed by atoms with van der Waals surface area (Å²) in [5, 5.41) is 0. The smallest absolute Gasteiger partial charge is 0.410 e. The molecule has 2 atom stereocenters. The van der Waals surface area contributed by atoms with Crippen LogP contribution >= 0.6 is 0 Å². The van der Waals surface area contributed by atoms with Crippen LogP contribution in [0.25, 0.3) is 5.57 Å². The number of rotatable bonds is 8. The van der Waals surface area contributed by atoms with Crippen molar-refractivity contribution in [1.29, 1.82) is 0 Å². The fourth-order valence-corrected chi connectivity index (χ4v) is 6.52. The van der Waals surface area contributed by atoms with Gasteiger partial charge in [0.2, 0.25) is 0 Å². The van der Waals surface area contributed by atoms with E-state index in [1.807, 2.05) is 89.8 Å². The van der Waals surface area contributed by atoms with Crippen molar-refractivity contribution in [3.8, 4) is 23.0 Å². The molecule has 0 bridgehead atoms. The molecule has 4 aromatic carbocycles. The lowest BCUT2D eigenvalue weighted by atomic mass is 9.68. The normalized spacial score (nSPS) is 18.7. The Kier molecular flexibility index (Phi) is 7.72. The van der Waals surface area contributed by atoms with Crippen LogP contribution in [0, 0.1) is 0 Å². The molecule has 0 unspecified atom stereocenters. The zero-order valence-electron chi connectivity index (χ0n) is 24.8. The van der Waals surface area contributed by atoms with Crippen molar-refractivity contribution < 1.29 is 28.5 Å². The van der Waals surface area contributed by atoms with Gasteiger partial charge in [0.05, 0.1) is 39.9 Å². The third kappa shape index (κ3) is 5.05. The van der Waals surface area contributed by atoms with E-state index in [1.54, 1.807) is 28.4 Å². The van der Waals surface area contributed by atoms with Gasteiger partial charge < -0.3 is 23.7 Å². The topological polar surface area (TPSA) is 66.5 Å². The molecule has 1 aliphatic carbocycles.